The largest absolute Gasteiger partial charge is 0.315 e. The Labute approximate surface area is 62.6 Å². The van der Waals surface area contributed by atoms with Gasteiger partial charge in [-0.1, -0.05) is 0 Å². The van der Waals surface area contributed by atoms with Crippen molar-refractivity contribution in [1.29, 1.82) is 0 Å². The number of nitrogens with one attached hydrogen (secondary N) is 1. The molecule has 2 nitrogen and oxygen atoms in total. The van der Waals surface area contributed by atoms with E-state index in [-0.39, 0.29) is 0 Å². The molecule has 2 heteroatoms. The molecule has 3 saturated heterocycles. The van der Waals surface area contributed by atoms with Gasteiger partial charge in [0.25, 0.3) is 0 Å². The first-order valence-corrected chi connectivity index (χ1v) is 4.30. The Kier molecular flexibility index (Phi) is 1.66. The maximum atomic E-state index is 3.39. The topological polar surface area (TPSA) is 15.3 Å². The number of fused-ring (bicyclic) bond motifs is 3. The number of hydrogen-bond acceptors (Lipinski definition) is 2. The van der Waals surface area contributed by atoms with Crippen molar-refractivity contribution in [3.8, 4) is 0 Å². The molecule has 0 radical (unpaired) electrons. The molecule has 10 heavy (non-hydrogen) atoms. The smallest absolute Gasteiger partial charge is 0.0221 e. The maximum Gasteiger partial charge on any atom is 0.0221 e. The van der Waals surface area contributed by atoms with E-state index in [4.69, 9.17) is 0 Å². The molecule has 2 bridgehead atoms. The summed E-state index contributed by atoms with van der Waals surface area (Å²) in [5.74, 6) is 0.981. The molecule has 3 fully saturated rings. The number of nitrogens with zero attached hydrogens (tertiary/aromatic N) is 1. The van der Waals surface area contributed by atoms with E-state index >= 15 is 0 Å². The average molecular weight is 140 g/mol. The highest BCUT2D eigenvalue weighted by Crippen LogP contribution is 2.26. The van der Waals surface area contributed by atoms with Crippen LogP contribution in [0, 0.1) is 5.92 Å². The standard InChI is InChI=1S/C8H16N2/c1-9-8-6-10-4-2-7(8)3-5-10/h7-9H,2-6H2,1H3/t8-/m0/s1. The molecule has 0 saturated carbocycles. The molecule has 0 aromatic carbocycles. The fraction of sp³-hybridized carbons (Fsp3) is 1.00. The zero-order chi connectivity index (χ0) is 6.97. The molecule has 3 aliphatic heterocycles. The summed E-state index contributed by atoms with van der Waals surface area (Å²) in [4.78, 5) is 2.57. The van der Waals surface area contributed by atoms with Crippen molar-refractivity contribution in [2.45, 2.75) is 18.9 Å². The SMILES string of the molecule is CN[C@H]1CN2CCC1CC2. The van der Waals surface area contributed by atoms with Crippen LogP contribution in [0.1, 0.15) is 12.8 Å². The molecule has 0 spiro atoms. The van der Waals surface area contributed by atoms with Crippen molar-refractivity contribution in [3.63, 3.8) is 0 Å². The van der Waals surface area contributed by atoms with Crippen molar-refractivity contribution >= 4 is 0 Å². The van der Waals surface area contributed by atoms with Crippen molar-refractivity contribution in [2.24, 2.45) is 5.92 Å². The molecule has 0 aliphatic carbocycles. The number of piperidine rings is 3. The van der Waals surface area contributed by atoms with Crippen LogP contribution < -0.4 is 5.32 Å². The molecule has 0 aromatic rings. The first-order chi connectivity index (χ1) is 4.90. The van der Waals surface area contributed by atoms with Crippen molar-refractivity contribution in [2.75, 3.05) is 26.7 Å². The molecule has 58 valence electrons. The van der Waals surface area contributed by atoms with Gasteiger partial charge in [-0.15, -0.1) is 0 Å². The lowest BCUT2D eigenvalue weighted by Gasteiger charge is -2.44. The van der Waals surface area contributed by atoms with E-state index in [1.54, 1.807) is 0 Å². The average Bonchev–Trinajstić information content (AvgIpc) is 2.06. The molecule has 0 unspecified atom stereocenters. The van der Waals surface area contributed by atoms with E-state index in [1.807, 2.05) is 0 Å². The molecule has 1 N–H and O–H groups in total. The third-order valence-corrected chi connectivity index (χ3v) is 3.03. The Morgan fingerprint density at radius 3 is 2.30 bits per heavy atom. The van der Waals surface area contributed by atoms with Gasteiger partial charge in [0, 0.05) is 12.6 Å². The van der Waals surface area contributed by atoms with Gasteiger partial charge in [0.1, 0.15) is 0 Å². The third-order valence-electron chi connectivity index (χ3n) is 3.03. The molecule has 0 aromatic heterocycles. The molecule has 3 aliphatic rings. The first-order valence-electron chi connectivity index (χ1n) is 4.30. The zero-order valence-electron chi connectivity index (χ0n) is 6.64. The van der Waals surface area contributed by atoms with Gasteiger partial charge in [-0.25, -0.2) is 0 Å². The molecular weight excluding hydrogens is 124 g/mol. The van der Waals surface area contributed by atoms with Crippen LogP contribution in [0.3, 0.4) is 0 Å². The predicted octanol–water partition coefficient (Wildman–Crippen LogP) is 0.300. The lowest BCUT2D eigenvalue weighted by molar-refractivity contribution is 0.0764. The summed E-state index contributed by atoms with van der Waals surface area (Å²) in [6, 6.07) is 0.794. The van der Waals surface area contributed by atoms with Crippen LogP contribution in [0.5, 0.6) is 0 Å². The second kappa shape index (κ2) is 2.51. The molecule has 1 atom stereocenters. The number of hydrogen-bond donors (Lipinski definition) is 1. The minimum atomic E-state index is 0.794. The minimum Gasteiger partial charge on any atom is -0.315 e. The first kappa shape index (κ1) is 6.62. The fourth-order valence-electron chi connectivity index (χ4n) is 2.29. The summed E-state index contributed by atoms with van der Waals surface area (Å²) in [6.07, 6.45) is 2.84. The van der Waals surface area contributed by atoms with Gasteiger partial charge in [-0.3, -0.25) is 0 Å². The second-order valence-electron chi connectivity index (χ2n) is 3.53. The van der Waals surface area contributed by atoms with E-state index in [1.165, 1.54) is 32.5 Å². The summed E-state index contributed by atoms with van der Waals surface area (Å²) in [6.45, 7) is 3.99. The van der Waals surface area contributed by atoms with Crippen LogP contribution in [0.25, 0.3) is 0 Å². The normalized spacial score (nSPS) is 45.9. The van der Waals surface area contributed by atoms with Crippen LogP contribution in [0.2, 0.25) is 0 Å². The molecule has 3 heterocycles. The summed E-state index contributed by atoms with van der Waals surface area (Å²) in [7, 11) is 2.09. The van der Waals surface area contributed by atoms with E-state index in [2.05, 4.69) is 17.3 Å². The van der Waals surface area contributed by atoms with Gasteiger partial charge in [0.15, 0.2) is 0 Å². The van der Waals surface area contributed by atoms with Gasteiger partial charge in [-0.05, 0) is 38.9 Å². The van der Waals surface area contributed by atoms with Crippen molar-refractivity contribution < 1.29 is 0 Å². The quantitative estimate of drug-likeness (QED) is 0.563. The fourth-order valence-corrected chi connectivity index (χ4v) is 2.29. The van der Waals surface area contributed by atoms with Crippen LogP contribution in [0.15, 0.2) is 0 Å². The van der Waals surface area contributed by atoms with E-state index in [0.29, 0.717) is 0 Å². The lowest BCUT2D eigenvalue weighted by atomic mass is 9.84. The van der Waals surface area contributed by atoms with Crippen LogP contribution >= 0.6 is 0 Å². The van der Waals surface area contributed by atoms with Gasteiger partial charge < -0.3 is 10.2 Å². The van der Waals surface area contributed by atoms with Crippen LogP contribution in [-0.4, -0.2) is 37.6 Å². The number of likely N-dealkylation sites (N-methyl/N-ethyl adjacent to an activating group) is 1. The Morgan fingerprint density at radius 2 is 2.00 bits per heavy atom. The second-order valence-corrected chi connectivity index (χ2v) is 3.53. The molecule has 3 rings (SSSR count). The van der Waals surface area contributed by atoms with Crippen LogP contribution in [-0.2, 0) is 0 Å². The highest BCUT2D eigenvalue weighted by Gasteiger charge is 2.32. The van der Waals surface area contributed by atoms with Crippen molar-refractivity contribution in [3.05, 3.63) is 0 Å². The zero-order valence-corrected chi connectivity index (χ0v) is 6.64. The van der Waals surface area contributed by atoms with Gasteiger partial charge >= 0.3 is 0 Å². The highest BCUT2D eigenvalue weighted by molar-refractivity contribution is 4.89. The third kappa shape index (κ3) is 0.956. The summed E-state index contributed by atoms with van der Waals surface area (Å²) >= 11 is 0. The monoisotopic (exact) mass is 140 g/mol. The minimum absolute atomic E-state index is 0.794. The maximum absolute atomic E-state index is 3.39. The summed E-state index contributed by atoms with van der Waals surface area (Å²) in [5, 5.41) is 3.39. The van der Waals surface area contributed by atoms with Gasteiger partial charge in [0.2, 0.25) is 0 Å². The Balaban J connectivity index is 2.01. The summed E-state index contributed by atoms with van der Waals surface area (Å²) in [5.41, 5.74) is 0. The predicted molar refractivity (Wildman–Crippen MR) is 42.0 cm³/mol. The van der Waals surface area contributed by atoms with Gasteiger partial charge in [-0.2, -0.15) is 0 Å². The van der Waals surface area contributed by atoms with E-state index in [9.17, 15) is 0 Å². The highest BCUT2D eigenvalue weighted by atomic mass is 15.2. The van der Waals surface area contributed by atoms with Crippen LogP contribution in [0.4, 0.5) is 0 Å². The molecule has 0 amide bonds. The lowest BCUT2D eigenvalue weighted by Crippen LogP contribution is -2.55. The Bertz CT molecular complexity index is 116. The molecular formula is C8H16N2. The van der Waals surface area contributed by atoms with Crippen molar-refractivity contribution in [1.82, 2.24) is 10.2 Å². The van der Waals surface area contributed by atoms with E-state index in [0.717, 1.165) is 12.0 Å². The Morgan fingerprint density at radius 1 is 1.30 bits per heavy atom. The van der Waals surface area contributed by atoms with Gasteiger partial charge in [0.05, 0.1) is 0 Å². The number of rotatable bonds is 1. The Hall–Kier alpha value is -0.0800. The summed E-state index contributed by atoms with van der Waals surface area (Å²) < 4.78 is 0. The van der Waals surface area contributed by atoms with E-state index < -0.39 is 0 Å².